The van der Waals surface area contributed by atoms with E-state index in [9.17, 15) is 4.79 Å². The highest BCUT2D eigenvalue weighted by Gasteiger charge is 2.49. The molecular weight excluding hydrogens is 206 g/mol. The van der Waals surface area contributed by atoms with Crippen molar-refractivity contribution in [2.75, 3.05) is 6.54 Å². The van der Waals surface area contributed by atoms with Crippen molar-refractivity contribution in [2.24, 2.45) is 21.6 Å². The van der Waals surface area contributed by atoms with Gasteiger partial charge in [-0.3, -0.25) is 10.3 Å². The lowest BCUT2D eigenvalue weighted by Gasteiger charge is -2.53. The first-order valence-corrected chi connectivity index (χ1v) is 5.62. The molecule has 0 aromatic heterocycles. The fraction of sp³-hybridized carbons (Fsp3) is 0.818. The van der Waals surface area contributed by atoms with E-state index in [2.05, 4.69) is 24.3 Å². The van der Waals surface area contributed by atoms with E-state index in [0.29, 0.717) is 18.2 Å². The van der Waals surface area contributed by atoms with Crippen LogP contribution in [-0.2, 0) is 9.63 Å². The first kappa shape index (κ1) is 11.5. The number of nitrogens with two attached hydrogens (primary N) is 1. The van der Waals surface area contributed by atoms with Crippen LogP contribution in [0.15, 0.2) is 4.99 Å². The van der Waals surface area contributed by atoms with Crippen molar-refractivity contribution in [3.63, 3.8) is 0 Å². The highest BCUT2D eigenvalue weighted by atomic mass is 16.7. The molecule has 1 aliphatic carbocycles. The van der Waals surface area contributed by atoms with Crippen LogP contribution in [0, 0.1) is 10.8 Å². The summed E-state index contributed by atoms with van der Waals surface area (Å²) >= 11 is 0. The zero-order chi connectivity index (χ0) is 11.8. The summed E-state index contributed by atoms with van der Waals surface area (Å²) in [6, 6.07) is 0. The minimum Gasteiger partial charge on any atom is -0.330 e. The monoisotopic (exact) mass is 225 g/mol. The lowest BCUT2D eigenvalue weighted by atomic mass is 9.53. The molecule has 0 aromatic carbocycles. The van der Waals surface area contributed by atoms with Gasteiger partial charge in [0.05, 0.1) is 0 Å². The highest BCUT2D eigenvalue weighted by Crippen LogP contribution is 2.55. The van der Waals surface area contributed by atoms with Gasteiger partial charge in [-0.25, -0.2) is 9.83 Å². The summed E-state index contributed by atoms with van der Waals surface area (Å²) in [6.45, 7) is 5.15. The molecular formula is C11H19N3O2. The van der Waals surface area contributed by atoms with Gasteiger partial charge in [0.25, 0.3) is 0 Å². The molecule has 0 aromatic rings. The Hall–Kier alpha value is -0.940. The zero-order valence-corrected chi connectivity index (χ0v) is 9.82. The summed E-state index contributed by atoms with van der Waals surface area (Å²) in [4.78, 5) is 19.6. The van der Waals surface area contributed by atoms with Crippen molar-refractivity contribution in [1.29, 1.82) is 0 Å². The van der Waals surface area contributed by atoms with Gasteiger partial charge < -0.3 is 5.73 Å². The molecule has 0 radical (unpaired) electrons. The standard InChI is InChI=1S/C11H19N3O2/c1-10(2)5-11(6-10,7-12)3-8-13-9(4-15)16-14-8/h4,9H,3,5-7,12H2,1-2H3,(H,13,14). The maximum atomic E-state index is 10.5. The molecule has 1 saturated carbocycles. The Labute approximate surface area is 95.4 Å². The number of aliphatic imine (C=N–C) groups is 1. The lowest BCUT2D eigenvalue weighted by molar-refractivity contribution is -0.118. The third-order valence-corrected chi connectivity index (χ3v) is 3.38. The SMILES string of the molecule is CC1(C)CC(CN)(CC2=NC(C=O)ON2)C1. The van der Waals surface area contributed by atoms with Crippen molar-refractivity contribution in [3.8, 4) is 0 Å². The van der Waals surface area contributed by atoms with Gasteiger partial charge in [0.15, 0.2) is 6.29 Å². The van der Waals surface area contributed by atoms with E-state index in [4.69, 9.17) is 10.6 Å². The summed E-state index contributed by atoms with van der Waals surface area (Å²) in [7, 11) is 0. The molecule has 1 unspecified atom stereocenters. The number of carbonyl (C=O) groups excluding carboxylic acids is 1. The average molecular weight is 225 g/mol. The van der Waals surface area contributed by atoms with Gasteiger partial charge in [0.1, 0.15) is 5.84 Å². The van der Waals surface area contributed by atoms with Crippen LogP contribution in [-0.4, -0.2) is 24.9 Å². The van der Waals surface area contributed by atoms with Crippen molar-refractivity contribution >= 4 is 12.1 Å². The average Bonchev–Trinajstić information content (AvgIpc) is 2.62. The Kier molecular flexibility index (Phi) is 2.75. The highest BCUT2D eigenvalue weighted by molar-refractivity contribution is 5.85. The predicted octanol–water partition coefficient (Wildman–Crippen LogP) is 0.600. The molecule has 2 aliphatic rings. The molecule has 0 amide bonds. The second-order valence-corrected chi connectivity index (χ2v) is 5.72. The Morgan fingerprint density at radius 3 is 2.75 bits per heavy atom. The third-order valence-electron chi connectivity index (χ3n) is 3.38. The third kappa shape index (κ3) is 2.10. The Balaban J connectivity index is 1.97. The molecule has 1 aliphatic heterocycles. The van der Waals surface area contributed by atoms with Crippen molar-refractivity contribution in [1.82, 2.24) is 5.48 Å². The number of hydrogen-bond donors (Lipinski definition) is 2. The van der Waals surface area contributed by atoms with E-state index < -0.39 is 6.23 Å². The summed E-state index contributed by atoms with van der Waals surface area (Å²) < 4.78 is 0. The van der Waals surface area contributed by atoms with Gasteiger partial charge in [-0.15, -0.1) is 0 Å². The van der Waals surface area contributed by atoms with Gasteiger partial charge >= 0.3 is 0 Å². The van der Waals surface area contributed by atoms with Crippen LogP contribution in [0.1, 0.15) is 33.1 Å². The van der Waals surface area contributed by atoms with Crippen LogP contribution in [0.5, 0.6) is 0 Å². The van der Waals surface area contributed by atoms with Crippen LogP contribution >= 0.6 is 0 Å². The topological polar surface area (TPSA) is 76.7 Å². The van der Waals surface area contributed by atoms with E-state index in [1.165, 1.54) is 0 Å². The second kappa shape index (κ2) is 3.82. The Morgan fingerprint density at radius 2 is 2.31 bits per heavy atom. The van der Waals surface area contributed by atoms with E-state index in [0.717, 1.165) is 25.1 Å². The fourth-order valence-electron chi connectivity index (χ4n) is 3.15. The van der Waals surface area contributed by atoms with Gasteiger partial charge in [0.2, 0.25) is 6.23 Å². The molecule has 1 fully saturated rings. The summed E-state index contributed by atoms with van der Waals surface area (Å²) in [5.41, 5.74) is 9.06. The number of rotatable bonds is 4. The van der Waals surface area contributed by atoms with Crippen molar-refractivity contribution in [3.05, 3.63) is 0 Å². The largest absolute Gasteiger partial charge is 0.330 e. The van der Waals surface area contributed by atoms with Crippen LogP contribution in [0.2, 0.25) is 0 Å². The zero-order valence-electron chi connectivity index (χ0n) is 9.82. The van der Waals surface area contributed by atoms with Crippen molar-refractivity contribution < 1.29 is 9.63 Å². The predicted molar refractivity (Wildman–Crippen MR) is 60.6 cm³/mol. The quantitative estimate of drug-likeness (QED) is 0.687. The van der Waals surface area contributed by atoms with Crippen molar-refractivity contribution in [2.45, 2.75) is 39.3 Å². The first-order chi connectivity index (χ1) is 7.49. The number of aldehydes is 1. The molecule has 0 bridgehead atoms. The molecule has 5 nitrogen and oxygen atoms in total. The van der Waals surface area contributed by atoms with E-state index in [1.807, 2.05) is 0 Å². The Bertz CT molecular complexity index is 317. The lowest BCUT2D eigenvalue weighted by Crippen LogP contribution is -2.49. The van der Waals surface area contributed by atoms with Crippen LogP contribution < -0.4 is 11.2 Å². The number of nitrogens with one attached hydrogen (secondary N) is 1. The molecule has 0 saturated heterocycles. The van der Waals surface area contributed by atoms with Crippen LogP contribution in [0.3, 0.4) is 0 Å². The Morgan fingerprint density at radius 1 is 1.62 bits per heavy atom. The number of hydroxylamine groups is 1. The molecule has 5 heteroatoms. The van der Waals surface area contributed by atoms with E-state index >= 15 is 0 Å². The summed E-state index contributed by atoms with van der Waals surface area (Å²) in [6.07, 6.45) is 2.97. The van der Waals surface area contributed by atoms with E-state index in [1.54, 1.807) is 0 Å². The molecule has 1 heterocycles. The fourth-order valence-corrected chi connectivity index (χ4v) is 3.15. The first-order valence-electron chi connectivity index (χ1n) is 5.62. The van der Waals surface area contributed by atoms with Crippen LogP contribution in [0.4, 0.5) is 0 Å². The van der Waals surface area contributed by atoms with Gasteiger partial charge in [-0.1, -0.05) is 13.8 Å². The van der Waals surface area contributed by atoms with Gasteiger partial charge in [-0.2, -0.15) is 0 Å². The summed E-state index contributed by atoms with van der Waals surface area (Å²) in [5, 5.41) is 0. The molecule has 3 N–H and O–H groups in total. The smallest absolute Gasteiger partial charge is 0.231 e. The van der Waals surface area contributed by atoms with E-state index in [-0.39, 0.29) is 5.41 Å². The minimum atomic E-state index is -0.682. The number of nitrogens with zero attached hydrogens (tertiary/aromatic N) is 1. The number of amidine groups is 1. The number of carbonyl (C=O) groups is 1. The summed E-state index contributed by atoms with van der Waals surface area (Å²) in [5.74, 6) is 0.748. The molecule has 2 rings (SSSR count). The second-order valence-electron chi connectivity index (χ2n) is 5.72. The minimum absolute atomic E-state index is 0.135. The maximum Gasteiger partial charge on any atom is 0.231 e. The normalized spacial score (nSPS) is 30.2. The van der Waals surface area contributed by atoms with Gasteiger partial charge in [-0.05, 0) is 30.2 Å². The molecule has 0 spiro atoms. The molecule has 16 heavy (non-hydrogen) atoms. The molecule has 90 valence electrons. The van der Waals surface area contributed by atoms with Gasteiger partial charge in [0, 0.05) is 6.42 Å². The maximum absolute atomic E-state index is 10.5. The number of hydrogen-bond acceptors (Lipinski definition) is 5. The van der Waals surface area contributed by atoms with Crippen LogP contribution in [0.25, 0.3) is 0 Å². The molecule has 1 atom stereocenters.